The molecule has 19 heavy (non-hydrogen) atoms. The Morgan fingerprint density at radius 3 is 2.74 bits per heavy atom. The van der Waals surface area contributed by atoms with Gasteiger partial charge in [-0.3, -0.25) is 0 Å². The van der Waals surface area contributed by atoms with Crippen LogP contribution in [0.25, 0.3) is 0 Å². The molecule has 0 aliphatic carbocycles. The molecular weight excluding hydrogens is 255 g/mol. The van der Waals surface area contributed by atoms with E-state index in [1.165, 1.54) is 26.0 Å². The molecule has 1 saturated heterocycles. The van der Waals surface area contributed by atoms with E-state index in [0.29, 0.717) is 19.8 Å². The molecule has 1 aliphatic heterocycles. The smallest absolute Gasteiger partial charge is 0.165 e. The van der Waals surface area contributed by atoms with Crippen molar-refractivity contribution < 1.29 is 17.9 Å². The standard InChI is InChI=1S/C14H18F3NO/c1-9-3-4-11(13(16)12(9)15)14(2,17)7-10-8-19-6-5-18-10/h3-4,10,18H,5-8H2,1-2H3. The van der Waals surface area contributed by atoms with Crippen molar-refractivity contribution in [2.75, 3.05) is 19.8 Å². The van der Waals surface area contributed by atoms with Crippen molar-refractivity contribution in [1.82, 2.24) is 5.32 Å². The lowest BCUT2D eigenvalue weighted by molar-refractivity contribution is 0.0463. The second kappa shape index (κ2) is 5.51. The first-order valence-electron chi connectivity index (χ1n) is 6.37. The fourth-order valence-corrected chi connectivity index (χ4v) is 2.37. The molecule has 5 heteroatoms. The topological polar surface area (TPSA) is 21.3 Å². The Balaban J connectivity index is 2.21. The summed E-state index contributed by atoms with van der Waals surface area (Å²) >= 11 is 0. The molecule has 0 spiro atoms. The average molecular weight is 273 g/mol. The minimum absolute atomic E-state index is 0.0480. The van der Waals surface area contributed by atoms with Gasteiger partial charge in [-0.2, -0.15) is 0 Å². The summed E-state index contributed by atoms with van der Waals surface area (Å²) < 4.78 is 47.3. The number of alkyl halides is 1. The van der Waals surface area contributed by atoms with Crippen LogP contribution in [-0.2, 0) is 10.4 Å². The maximum atomic E-state index is 14.7. The van der Waals surface area contributed by atoms with E-state index in [2.05, 4.69) is 5.32 Å². The molecule has 1 aromatic carbocycles. The Labute approximate surface area is 111 Å². The molecule has 0 saturated carbocycles. The maximum absolute atomic E-state index is 14.7. The van der Waals surface area contributed by atoms with Crippen molar-refractivity contribution in [3.8, 4) is 0 Å². The number of rotatable bonds is 3. The summed E-state index contributed by atoms with van der Waals surface area (Å²) in [5.74, 6) is -2.07. The highest BCUT2D eigenvalue weighted by Gasteiger charge is 2.34. The van der Waals surface area contributed by atoms with E-state index in [0.717, 1.165) is 0 Å². The van der Waals surface area contributed by atoms with E-state index in [4.69, 9.17) is 4.74 Å². The number of morpholine rings is 1. The number of ether oxygens (including phenoxy) is 1. The van der Waals surface area contributed by atoms with E-state index in [1.807, 2.05) is 0 Å². The van der Waals surface area contributed by atoms with Gasteiger partial charge in [-0.05, 0) is 19.4 Å². The summed E-state index contributed by atoms with van der Waals surface area (Å²) in [4.78, 5) is 0. The van der Waals surface area contributed by atoms with Crippen LogP contribution in [0.15, 0.2) is 12.1 Å². The minimum atomic E-state index is -1.93. The first-order chi connectivity index (χ1) is 8.92. The fourth-order valence-electron chi connectivity index (χ4n) is 2.37. The molecular formula is C14H18F3NO. The van der Waals surface area contributed by atoms with Crippen LogP contribution in [0.3, 0.4) is 0 Å². The number of nitrogens with one attached hydrogen (secondary N) is 1. The maximum Gasteiger partial charge on any atom is 0.165 e. The number of benzene rings is 1. The van der Waals surface area contributed by atoms with Gasteiger partial charge in [0.05, 0.1) is 13.2 Å². The van der Waals surface area contributed by atoms with E-state index in [9.17, 15) is 13.2 Å². The van der Waals surface area contributed by atoms with Gasteiger partial charge in [0, 0.05) is 24.6 Å². The number of halogens is 3. The Bertz CT molecular complexity index is 456. The van der Waals surface area contributed by atoms with Gasteiger partial charge in [-0.25, -0.2) is 13.2 Å². The SMILES string of the molecule is Cc1ccc(C(C)(F)CC2COCCN2)c(F)c1F. The Morgan fingerprint density at radius 2 is 2.11 bits per heavy atom. The molecule has 2 atom stereocenters. The van der Waals surface area contributed by atoms with Crippen LogP contribution in [-0.4, -0.2) is 25.8 Å². The summed E-state index contributed by atoms with van der Waals surface area (Å²) in [6, 6.07) is 2.53. The quantitative estimate of drug-likeness (QED) is 0.914. The van der Waals surface area contributed by atoms with Crippen molar-refractivity contribution >= 4 is 0 Å². The van der Waals surface area contributed by atoms with Crippen LogP contribution in [0.4, 0.5) is 13.2 Å². The van der Waals surface area contributed by atoms with Crippen LogP contribution in [0.2, 0.25) is 0 Å². The molecule has 0 amide bonds. The predicted octanol–water partition coefficient (Wildman–Crippen LogP) is 2.84. The molecule has 0 bridgehead atoms. The third-order valence-electron chi connectivity index (χ3n) is 3.47. The molecule has 1 N–H and O–H groups in total. The van der Waals surface area contributed by atoms with Crippen LogP contribution in [0.1, 0.15) is 24.5 Å². The predicted molar refractivity (Wildman–Crippen MR) is 66.8 cm³/mol. The van der Waals surface area contributed by atoms with E-state index >= 15 is 0 Å². The molecule has 1 heterocycles. The second-order valence-corrected chi connectivity index (χ2v) is 5.19. The third kappa shape index (κ3) is 3.09. The Hall–Kier alpha value is -1.07. The summed E-state index contributed by atoms with van der Waals surface area (Å²) in [5, 5.41) is 3.11. The molecule has 0 aromatic heterocycles. The monoisotopic (exact) mass is 273 g/mol. The van der Waals surface area contributed by atoms with Crippen molar-refractivity contribution in [2.24, 2.45) is 0 Å². The normalized spacial score (nSPS) is 23.1. The van der Waals surface area contributed by atoms with Crippen molar-refractivity contribution in [1.29, 1.82) is 0 Å². The summed E-state index contributed by atoms with van der Waals surface area (Å²) in [6.45, 7) is 4.35. The molecule has 1 aromatic rings. The zero-order valence-corrected chi connectivity index (χ0v) is 11.1. The molecule has 2 rings (SSSR count). The number of hydrogen-bond donors (Lipinski definition) is 1. The van der Waals surface area contributed by atoms with E-state index < -0.39 is 17.3 Å². The van der Waals surface area contributed by atoms with Gasteiger partial charge in [0.15, 0.2) is 11.6 Å². The fraction of sp³-hybridized carbons (Fsp3) is 0.571. The van der Waals surface area contributed by atoms with Gasteiger partial charge in [-0.15, -0.1) is 0 Å². The number of hydrogen-bond acceptors (Lipinski definition) is 2. The third-order valence-corrected chi connectivity index (χ3v) is 3.47. The van der Waals surface area contributed by atoms with E-state index in [-0.39, 0.29) is 23.6 Å². The van der Waals surface area contributed by atoms with Gasteiger partial charge < -0.3 is 10.1 Å². The van der Waals surface area contributed by atoms with E-state index in [1.54, 1.807) is 0 Å². The lowest BCUT2D eigenvalue weighted by Gasteiger charge is -2.30. The minimum Gasteiger partial charge on any atom is -0.379 e. The zero-order valence-electron chi connectivity index (χ0n) is 11.1. The van der Waals surface area contributed by atoms with Gasteiger partial charge >= 0.3 is 0 Å². The molecule has 2 unspecified atom stereocenters. The summed E-state index contributed by atoms with van der Waals surface area (Å²) in [6.07, 6.45) is 0.0480. The molecule has 2 nitrogen and oxygen atoms in total. The van der Waals surface area contributed by atoms with Gasteiger partial charge in [-0.1, -0.05) is 12.1 Å². The lowest BCUT2D eigenvalue weighted by atomic mass is 9.89. The highest BCUT2D eigenvalue weighted by atomic mass is 19.2. The zero-order chi connectivity index (χ0) is 14.0. The van der Waals surface area contributed by atoms with Crippen LogP contribution in [0, 0.1) is 18.6 Å². The second-order valence-electron chi connectivity index (χ2n) is 5.19. The van der Waals surface area contributed by atoms with Gasteiger partial charge in [0.1, 0.15) is 5.67 Å². The summed E-state index contributed by atoms with van der Waals surface area (Å²) in [5.41, 5.74) is -1.99. The lowest BCUT2D eigenvalue weighted by Crippen LogP contribution is -2.44. The summed E-state index contributed by atoms with van der Waals surface area (Å²) in [7, 11) is 0. The largest absolute Gasteiger partial charge is 0.379 e. The molecule has 1 fully saturated rings. The van der Waals surface area contributed by atoms with Crippen LogP contribution in [0.5, 0.6) is 0 Å². The highest BCUT2D eigenvalue weighted by molar-refractivity contribution is 5.29. The number of aryl methyl sites for hydroxylation is 1. The highest BCUT2D eigenvalue weighted by Crippen LogP contribution is 2.34. The van der Waals surface area contributed by atoms with Crippen LogP contribution < -0.4 is 5.32 Å². The molecule has 1 aliphatic rings. The molecule has 0 radical (unpaired) electrons. The van der Waals surface area contributed by atoms with Gasteiger partial charge in [0.2, 0.25) is 0 Å². The van der Waals surface area contributed by atoms with Crippen molar-refractivity contribution in [2.45, 2.75) is 32.0 Å². The average Bonchev–Trinajstić information content (AvgIpc) is 2.36. The van der Waals surface area contributed by atoms with Gasteiger partial charge in [0.25, 0.3) is 0 Å². The first kappa shape index (κ1) is 14.3. The Morgan fingerprint density at radius 1 is 1.37 bits per heavy atom. The Kier molecular flexibility index (Phi) is 4.16. The molecule has 106 valence electrons. The first-order valence-corrected chi connectivity index (χ1v) is 6.37. The van der Waals surface area contributed by atoms with Crippen molar-refractivity contribution in [3.63, 3.8) is 0 Å². The van der Waals surface area contributed by atoms with Crippen LogP contribution >= 0.6 is 0 Å². The van der Waals surface area contributed by atoms with Crippen molar-refractivity contribution in [3.05, 3.63) is 34.9 Å².